The van der Waals surface area contributed by atoms with Gasteiger partial charge in [0.2, 0.25) is 0 Å². The summed E-state index contributed by atoms with van der Waals surface area (Å²) in [4.78, 5) is 12.4. The first-order chi connectivity index (χ1) is 10.4. The average molecular weight is 342 g/mol. The first-order valence-corrected chi connectivity index (χ1v) is 8.76. The third kappa shape index (κ3) is 3.50. The molecule has 0 aromatic heterocycles. The molecule has 2 aromatic rings. The zero-order valence-corrected chi connectivity index (χ0v) is 13.5. The number of rotatable bonds is 4. The highest BCUT2D eigenvalue weighted by Gasteiger charge is 2.41. The zero-order chi connectivity index (χ0) is 16.3. The molecular formula is C16H13F3OS2. The summed E-state index contributed by atoms with van der Waals surface area (Å²) in [5.74, 6) is -0.989. The van der Waals surface area contributed by atoms with E-state index in [1.807, 2.05) is 12.1 Å². The molecule has 116 valence electrons. The van der Waals surface area contributed by atoms with Gasteiger partial charge in [0.25, 0.3) is 0 Å². The van der Waals surface area contributed by atoms with Gasteiger partial charge in [0, 0.05) is 5.56 Å². The largest absolute Gasteiger partial charge is 0.421 e. The lowest BCUT2D eigenvalue weighted by molar-refractivity contribution is -0.0887. The summed E-state index contributed by atoms with van der Waals surface area (Å²) in [6.45, 7) is 0. The second-order valence-corrected chi connectivity index (χ2v) is 6.35. The van der Waals surface area contributed by atoms with Crippen LogP contribution < -0.4 is 0 Å². The number of benzene rings is 2. The molecule has 0 spiro atoms. The van der Waals surface area contributed by atoms with Crippen molar-refractivity contribution in [3.05, 3.63) is 57.8 Å². The normalized spacial score (nSPS) is 11.5. The second kappa shape index (κ2) is 6.79. The minimum Gasteiger partial charge on any atom is -0.289 e. The van der Waals surface area contributed by atoms with Crippen LogP contribution in [0, 0.1) is 0 Å². The highest BCUT2D eigenvalue weighted by Crippen LogP contribution is 2.39. The van der Waals surface area contributed by atoms with E-state index in [1.165, 1.54) is 24.6 Å². The lowest BCUT2D eigenvalue weighted by atomic mass is 10.0. The second-order valence-electron chi connectivity index (χ2n) is 4.46. The SMILES string of the molecule is CSC(SC)=C(C(=O)c1ccc2ccccc2c1)C(F)(F)F. The molecule has 0 saturated carbocycles. The molecule has 0 amide bonds. The summed E-state index contributed by atoms with van der Waals surface area (Å²) in [7, 11) is 0. The van der Waals surface area contributed by atoms with E-state index in [0.717, 1.165) is 34.3 Å². The maximum absolute atomic E-state index is 13.3. The fraction of sp³-hybridized carbons (Fsp3) is 0.188. The van der Waals surface area contributed by atoms with Crippen molar-refractivity contribution in [1.29, 1.82) is 0 Å². The summed E-state index contributed by atoms with van der Waals surface area (Å²) >= 11 is 1.87. The van der Waals surface area contributed by atoms with E-state index in [2.05, 4.69) is 0 Å². The third-order valence-electron chi connectivity index (χ3n) is 3.10. The summed E-state index contributed by atoms with van der Waals surface area (Å²) in [5, 5.41) is 1.62. The fourth-order valence-corrected chi connectivity index (χ4v) is 3.59. The first-order valence-electron chi connectivity index (χ1n) is 6.31. The van der Waals surface area contributed by atoms with Gasteiger partial charge < -0.3 is 0 Å². The Kier molecular flexibility index (Phi) is 5.24. The van der Waals surface area contributed by atoms with Crippen molar-refractivity contribution in [2.45, 2.75) is 6.18 Å². The Labute approximate surface area is 135 Å². The quantitative estimate of drug-likeness (QED) is 0.538. The first kappa shape index (κ1) is 17.0. The molecule has 1 nitrogen and oxygen atoms in total. The molecule has 2 rings (SSSR count). The minimum atomic E-state index is -4.68. The van der Waals surface area contributed by atoms with Gasteiger partial charge in [0.15, 0.2) is 5.78 Å². The highest BCUT2D eigenvalue weighted by atomic mass is 32.2. The number of alkyl halides is 3. The van der Waals surface area contributed by atoms with E-state index >= 15 is 0 Å². The van der Waals surface area contributed by atoms with Crippen LogP contribution in [0.15, 0.2) is 52.3 Å². The molecule has 0 heterocycles. The van der Waals surface area contributed by atoms with Crippen molar-refractivity contribution in [2.75, 3.05) is 12.5 Å². The Morgan fingerprint density at radius 3 is 2.09 bits per heavy atom. The highest BCUT2D eigenvalue weighted by molar-refractivity contribution is 8.21. The van der Waals surface area contributed by atoms with E-state index < -0.39 is 17.5 Å². The van der Waals surface area contributed by atoms with Crippen LogP contribution >= 0.6 is 23.5 Å². The van der Waals surface area contributed by atoms with Crippen molar-refractivity contribution in [3.63, 3.8) is 0 Å². The lowest BCUT2D eigenvalue weighted by Crippen LogP contribution is -2.21. The van der Waals surface area contributed by atoms with Gasteiger partial charge in [-0.3, -0.25) is 4.79 Å². The maximum atomic E-state index is 13.3. The van der Waals surface area contributed by atoms with Gasteiger partial charge in [-0.05, 0) is 29.4 Å². The van der Waals surface area contributed by atoms with Crippen LogP contribution in [0.5, 0.6) is 0 Å². The number of Topliss-reactive ketones (excluding diaryl/α,β-unsaturated/α-hetero) is 1. The minimum absolute atomic E-state index is 0.0225. The molecule has 22 heavy (non-hydrogen) atoms. The predicted molar refractivity (Wildman–Crippen MR) is 88.4 cm³/mol. The molecule has 0 N–H and O–H groups in total. The zero-order valence-electron chi connectivity index (χ0n) is 11.9. The van der Waals surface area contributed by atoms with Crippen LogP contribution in [-0.4, -0.2) is 24.5 Å². The number of carbonyl (C=O) groups is 1. The van der Waals surface area contributed by atoms with E-state index in [4.69, 9.17) is 0 Å². The van der Waals surface area contributed by atoms with Gasteiger partial charge in [-0.15, -0.1) is 23.5 Å². The maximum Gasteiger partial charge on any atom is 0.421 e. The smallest absolute Gasteiger partial charge is 0.289 e. The van der Waals surface area contributed by atoms with Gasteiger partial charge in [-0.2, -0.15) is 13.2 Å². The Balaban J connectivity index is 2.56. The van der Waals surface area contributed by atoms with Gasteiger partial charge in [-0.1, -0.05) is 36.4 Å². The van der Waals surface area contributed by atoms with E-state index in [9.17, 15) is 18.0 Å². The van der Waals surface area contributed by atoms with Crippen molar-refractivity contribution in [3.8, 4) is 0 Å². The van der Waals surface area contributed by atoms with Crippen LogP contribution in [-0.2, 0) is 0 Å². The van der Waals surface area contributed by atoms with Gasteiger partial charge in [0.1, 0.15) is 5.57 Å². The molecular weight excluding hydrogens is 329 g/mol. The number of hydrogen-bond donors (Lipinski definition) is 0. The van der Waals surface area contributed by atoms with Crippen LogP contribution in [0.3, 0.4) is 0 Å². The number of allylic oxidation sites excluding steroid dienone is 1. The molecule has 0 fully saturated rings. The fourth-order valence-electron chi connectivity index (χ4n) is 2.10. The lowest BCUT2D eigenvalue weighted by Gasteiger charge is -2.14. The molecule has 0 unspecified atom stereocenters. The van der Waals surface area contributed by atoms with Crippen LogP contribution in [0.2, 0.25) is 0 Å². The van der Waals surface area contributed by atoms with Crippen molar-refractivity contribution >= 4 is 40.1 Å². The third-order valence-corrected chi connectivity index (χ3v) is 5.25. The van der Waals surface area contributed by atoms with Crippen molar-refractivity contribution in [1.82, 2.24) is 0 Å². The summed E-state index contributed by atoms with van der Waals surface area (Å²) < 4.78 is 39.8. The molecule has 0 aliphatic heterocycles. The van der Waals surface area contributed by atoms with Crippen LogP contribution in [0.4, 0.5) is 13.2 Å². The van der Waals surface area contributed by atoms with E-state index in [-0.39, 0.29) is 9.80 Å². The number of halogens is 3. The Morgan fingerprint density at radius 2 is 1.55 bits per heavy atom. The Hall–Kier alpha value is -1.40. The molecule has 2 aromatic carbocycles. The molecule has 0 bridgehead atoms. The van der Waals surface area contributed by atoms with Crippen molar-refractivity contribution < 1.29 is 18.0 Å². The standard InChI is InChI=1S/C16H13F3OS2/c1-21-15(22-2)13(16(17,18)19)14(20)12-8-7-10-5-3-4-6-11(10)9-12/h3-9H,1-2H3. The van der Waals surface area contributed by atoms with Gasteiger partial charge in [-0.25, -0.2) is 0 Å². The average Bonchev–Trinajstić information content (AvgIpc) is 2.50. The molecule has 0 saturated heterocycles. The van der Waals surface area contributed by atoms with Crippen LogP contribution in [0.25, 0.3) is 10.8 Å². The van der Waals surface area contributed by atoms with Gasteiger partial charge in [0.05, 0.1) is 4.24 Å². The molecule has 0 aliphatic rings. The van der Waals surface area contributed by atoms with Crippen molar-refractivity contribution in [2.24, 2.45) is 0 Å². The number of carbonyl (C=O) groups excluding carboxylic acids is 1. The van der Waals surface area contributed by atoms with Gasteiger partial charge >= 0.3 is 6.18 Å². The molecule has 6 heteroatoms. The Bertz CT molecular complexity index is 729. The summed E-state index contributed by atoms with van der Waals surface area (Å²) in [6, 6.07) is 11.8. The molecule has 0 aliphatic carbocycles. The summed E-state index contributed by atoms with van der Waals surface area (Å²) in [5.41, 5.74) is -1.05. The molecule has 0 atom stereocenters. The number of fused-ring (bicyclic) bond motifs is 1. The summed E-state index contributed by atoms with van der Waals surface area (Å²) in [6.07, 6.45) is -1.61. The number of hydrogen-bond acceptors (Lipinski definition) is 3. The van der Waals surface area contributed by atoms with E-state index in [0.29, 0.717) is 0 Å². The van der Waals surface area contributed by atoms with E-state index in [1.54, 1.807) is 18.2 Å². The van der Waals surface area contributed by atoms with Crippen LogP contribution in [0.1, 0.15) is 10.4 Å². The Morgan fingerprint density at radius 1 is 0.955 bits per heavy atom. The number of thioether (sulfide) groups is 2. The topological polar surface area (TPSA) is 17.1 Å². The molecule has 0 radical (unpaired) electrons. The predicted octanol–water partition coefficient (Wildman–Crippen LogP) is 5.52. The monoisotopic (exact) mass is 342 g/mol. The number of ketones is 1.